The summed E-state index contributed by atoms with van der Waals surface area (Å²) in [6.07, 6.45) is 0. The number of halogens is 1. The largest absolute Gasteiger partial charge is 0.346 e. The Hall–Kier alpha value is 0.830. The average Bonchev–Trinajstić information content (AvgIpc) is 1.84. The minimum absolute atomic E-state index is 0.375. The van der Waals surface area contributed by atoms with Gasteiger partial charge in [-0.05, 0) is 17.2 Å². The first-order valence-corrected chi connectivity index (χ1v) is 7.68. The molecule has 0 radical (unpaired) electrons. The maximum Gasteiger partial charge on any atom is 0.346 e. The van der Waals surface area contributed by atoms with Crippen LogP contribution in [-0.2, 0) is 9.09 Å². The van der Waals surface area contributed by atoms with E-state index in [1.165, 1.54) is 11.4 Å². The summed E-state index contributed by atoms with van der Waals surface area (Å²) in [6.45, 7) is 6.35. The molecule has 68 valence electrons. The fourth-order valence-corrected chi connectivity index (χ4v) is 3.67. The molecule has 0 heterocycles. The van der Waals surface area contributed by atoms with Crippen LogP contribution in [0.3, 0.4) is 0 Å². The third kappa shape index (κ3) is 7.20. The van der Waals surface area contributed by atoms with Crippen LogP contribution >= 0.6 is 28.5 Å². The van der Waals surface area contributed by atoms with Gasteiger partial charge < -0.3 is 4.52 Å². The Balaban J connectivity index is 3.64. The molecule has 0 aromatic rings. The monoisotopic (exact) mass is 216 g/mol. The van der Waals surface area contributed by atoms with Gasteiger partial charge in [-0.15, -0.1) is 0 Å². The molecule has 0 aliphatic carbocycles. The van der Waals surface area contributed by atoms with E-state index in [0.717, 1.165) is 5.75 Å². The van der Waals surface area contributed by atoms with Crippen LogP contribution in [0.1, 0.15) is 20.8 Å². The van der Waals surface area contributed by atoms with E-state index in [1.54, 1.807) is 0 Å². The number of hydrogen-bond acceptors (Lipinski definition) is 3. The van der Waals surface area contributed by atoms with E-state index in [4.69, 9.17) is 15.8 Å². The van der Waals surface area contributed by atoms with Crippen molar-refractivity contribution < 1.29 is 9.09 Å². The van der Waals surface area contributed by atoms with Crippen molar-refractivity contribution in [2.24, 2.45) is 5.92 Å². The van der Waals surface area contributed by atoms with E-state index < -0.39 is 5.92 Å². The van der Waals surface area contributed by atoms with Crippen LogP contribution < -0.4 is 0 Å². The predicted octanol–water partition coefficient (Wildman–Crippen LogP) is 3.76. The molecule has 1 atom stereocenters. The smallest absolute Gasteiger partial charge is 0.310 e. The molecule has 0 amide bonds. The highest BCUT2D eigenvalue weighted by Crippen LogP contribution is 2.64. The third-order valence-electron chi connectivity index (χ3n) is 0.845. The highest BCUT2D eigenvalue weighted by atomic mass is 35.7. The molecule has 0 aromatic carbocycles. The predicted molar refractivity (Wildman–Crippen MR) is 52.4 cm³/mol. The lowest BCUT2D eigenvalue weighted by atomic mass is 10.2. The quantitative estimate of drug-likeness (QED) is 0.655. The Kier molecular flexibility index (Phi) is 5.88. The molecule has 2 nitrogen and oxygen atoms in total. The van der Waals surface area contributed by atoms with E-state index in [0.29, 0.717) is 12.5 Å². The van der Waals surface area contributed by atoms with Crippen molar-refractivity contribution in [2.45, 2.75) is 20.8 Å². The summed E-state index contributed by atoms with van der Waals surface area (Å²) in [4.78, 5) is 0. The van der Waals surface area contributed by atoms with Gasteiger partial charge in [-0.2, -0.15) is 0 Å². The normalized spacial score (nSPS) is 16.8. The van der Waals surface area contributed by atoms with Crippen LogP contribution in [0.4, 0.5) is 0 Å². The molecule has 11 heavy (non-hydrogen) atoms. The Labute approximate surface area is 77.0 Å². The van der Waals surface area contributed by atoms with Gasteiger partial charge in [0.2, 0.25) is 0 Å². The zero-order chi connectivity index (χ0) is 8.91. The summed E-state index contributed by atoms with van der Waals surface area (Å²) in [7, 11) is 0. The van der Waals surface area contributed by atoms with Crippen molar-refractivity contribution in [1.82, 2.24) is 0 Å². The van der Waals surface area contributed by atoms with Gasteiger partial charge in [-0.3, -0.25) is 4.57 Å². The molecule has 0 aliphatic rings. The molecule has 0 saturated heterocycles. The van der Waals surface area contributed by atoms with Crippen molar-refractivity contribution in [1.29, 1.82) is 0 Å². The number of hydrogen-bond donors (Lipinski definition) is 0. The average molecular weight is 217 g/mol. The zero-order valence-corrected chi connectivity index (χ0v) is 9.51. The van der Waals surface area contributed by atoms with Gasteiger partial charge in [-0.25, -0.2) is 0 Å². The molecular weight excluding hydrogens is 203 g/mol. The summed E-state index contributed by atoms with van der Waals surface area (Å²) in [5.74, 6) is -1.76. The van der Waals surface area contributed by atoms with E-state index >= 15 is 0 Å². The molecule has 0 aliphatic heterocycles. The molecule has 0 N–H and O–H groups in total. The van der Waals surface area contributed by atoms with Gasteiger partial charge >= 0.3 is 5.92 Å². The molecule has 0 rings (SSSR count). The molecular formula is C6H14ClO2PS. The summed E-state index contributed by atoms with van der Waals surface area (Å²) in [6, 6.07) is 0. The summed E-state index contributed by atoms with van der Waals surface area (Å²) >= 11 is 6.75. The van der Waals surface area contributed by atoms with Crippen LogP contribution in [0.5, 0.6) is 0 Å². The second kappa shape index (κ2) is 5.47. The third-order valence-corrected chi connectivity index (χ3v) is 5.06. The maximum atomic E-state index is 11.2. The highest BCUT2D eigenvalue weighted by molar-refractivity contribution is 8.63. The Bertz CT molecular complexity index is 152. The first-order chi connectivity index (χ1) is 4.98. The van der Waals surface area contributed by atoms with Crippen LogP contribution in [0.2, 0.25) is 0 Å². The van der Waals surface area contributed by atoms with E-state index in [-0.39, 0.29) is 0 Å². The van der Waals surface area contributed by atoms with Gasteiger partial charge in [0.15, 0.2) is 0 Å². The lowest BCUT2D eigenvalue weighted by Crippen LogP contribution is -1.96. The van der Waals surface area contributed by atoms with Gasteiger partial charge in [0.05, 0.1) is 6.61 Å². The molecule has 1 unspecified atom stereocenters. The van der Waals surface area contributed by atoms with E-state index in [9.17, 15) is 4.57 Å². The van der Waals surface area contributed by atoms with Crippen molar-refractivity contribution in [3.63, 3.8) is 0 Å². The zero-order valence-electron chi connectivity index (χ0n) is 7.04. The second-order valence-electron chi connectivity index (χ2n) is 2.54. The van der Waals surface area contributed by atoms with E-state index in [1.807, 2.05) is 20.8 Å². The lowest BCUT2D eigenvalue weighted by Gasteiger charge is -2.10. The van der Waals surface area contributed by atoms with Gasteiger partial charge in [0, 0.05) is 5.75 Å². The van der Waals surface area contributed by atoms with Crippen LogP contribution in [0.15, 0.2) is 0 Å². The molecule has 0 saturated carbocycles. The Morgan fingerprint density at radius 3 is 2.55 bits per heavy atom. The van der Waals surface area contributed by atoms with Gasteiger partial charge in [0.25, 0.3) is 0 Å². The first-order valence-electron chi connectivity index (χ1n) is 3.56. The Morgan fingerprint density at radius 1 is 1.64 bits per heavy atom. The van der Waals surface area contributed by atoms with Gasteiger partial charge in [-0.1, -0.05) is 32.2 Å². The first kappa shape index (κ1) is 11.8. The van der Waals surface area contributed by atoms with Crippen LogP contribution in [0.25, 0.3) is 0 Å². The summed E-state index contributed by atoms with van der Waals surface area (Å²) in [5.41, 5.74) is 0. The van der Waals surface area contributed by atoms with Crippen LogP contribution in [0, 0.1) is 5.92 Å². The molecule has 0 fully saturated rings. The topological polar surface area (TPSA) is 26.3 Å². The van der Waals surface area contributed by atoms with E-state index in [2.05, 4.69) is 0 Å². The summed E-state index contributed by atoms with van der Waals surface area (Å²) in [5, 5.41) is 0. The second-order valence-corrected chi connectivity index (χ2v) is 8.65. The molecule has 0 bridgehead atoms. The SMILES string of the molecule is CCSP(=O)(Cl)OCC(C)C. The van der Waals surface area contributed by atoms with Crippen molar-refractivity contribution in [3.8, 4) is 0 Å². The molecule has 0 aromatic heterocycles. The van der Waals surface area contributed by atoms with Crippen LogP contribution in [-0.4, -0.2) is 12.4 Å². The van der Waals surface area contributed by atoms with Crippen molar-refractivity contribution in [2.75, 3.05) is 12.4 Å². The van der Waals surface area contributed by atoms with Gasteiger partial charge in [0.1, 0.15) is 0 Å². The summed E-state index contributed by atoms with van der Waals surface area (Å²) < 4.78 is 16.2. The highest BCUT2D eigenvalue weighted by Gasteiger charge is 2.18. The minimum Gasteiger partial charge on any atom is -0.310 e. The minimum atomic E-state index is -2.86. The standard InChI is InChI=1S/C6H14ClO2PS/c1-4-11-10(7,8)9-5-6(2)3/h6H,4-5H2,1-3H3. The maximum absolute atomic E-state index is 11.2. The van der Waals surface area contributed by atoms with Crippen molar-refractivity contribution >= 4 is 28.5 Å². The molecule has 0 spiro atoms. The number of rotatable bonds is 5. The van der Waals surface area contributed by atoms with Crippen molar-refractivity contribution in [3.05, 3.63) is 0 Å². The lowest BCUT2D eigenvalue weighted by molar-refractivity contribution is 0.287. The molecule has 5 heteroatoms. The fraction of sp³-hybridized carbons (Fsp3) is 1.00. The fourth-order valence-electron chi connectivity index (χ4n) is 0.430. The Morgan fingerprint density at radius 2 is 2.18 bits per heavy atom.